The summed E-state index contributed by atoms with van der Waals surface area (Å²) in [5, 5.41) is 18.5. The molecule has 0 bridgehead atoms. The van der Waals surface area contributed by atoms with Crippen molar-refractivity contribution in [3.05, 3.63) is 0 Å². The number of hydroxylamine groups is 2. The van der Waals surface area contributed by atoms with Crippen LogP contribution >= 0.6 is 0 Å². The smallest absolute Gasteiger partial charge is 0.303 e. The van der Waals surface area contributed by atoms with Crippen molar-refractivity contribution in [3.8, 4) is 0 Å². The van der Waals surface area contributed by atoms with Gasteiger partial charge in [-0.15, -0.1) is 0 Å². The summed E-state index contributed by atoms with van der Waals surface area (Å²) in [6.07, 6.45) is 12.3. The van der Waals surface area contributed by atoms with E-state index in [0.717, 1.165) is 38.8 Å². The largest absolute Gasteiger partial charge is 0.481 e. The van der Waals surface area contributed by atoms with E-state index in [4.69, 9.17) is 10.3 Å². The molecule has 2 N–H and O–H groups in total. The lowest BCUT2D eigenvalue weighted by Crippen LogP contribution is -2.25. The maximum Gasteiger partial charge on any atom is 0.303 e. The molecular weight excluding hydrogens is 242 g/mol. The summed E-state index contributed by atoms with van der Waals surface area (Å²) in [6, 6.07) is 0. The number of piperidine rings is 1. The number of hydrogen-bond acceptors (Lipinski definition) is 3. The Morgan fingerprint density at radius 2 is 1.47 bits per heavy atom. The summed E-state index contributed by atoms with van der Waals surface area (Å²) in [4.78, 5) is 10.1. The van der Waals surface area contributed by atoms with Crippen LogP contribution in [0.5, 0.6) is 0 Å². The molecule has 0 aromatic carbocycles. The summed E-state index contributed by atoms with van der Waals surface area (Å²) in [7, 11) is 0. The predicted molar refractivity (Wildman–Crippen MR) is 77.5 cm³/mol. The topological polar surface area (TPSA) is 60.8 Å². The molecule has 1 rings (SSSR count). The van der Waals surface area contributed by atoms with Gasteiger partial charge in [0, 0.05) is 19.5 Å². The van der Waals surface area contributed by atoms with Crippen LogP contribution in [0.25, 0.3) is 0 Å². The Bertz CT molecular complexity index is 204. The third-order valence-electron chi connectivity index (χ3n) is 3.33. The molecule has 0 saturated carbocycles. The van der Waals surface area contributed by atoms with Crippen molar-refractivity contribution in [3.63, 3.8) is 0 Å². The first kappa shape index (κ1) is 18.4. The Morgan fingerprint density at radius 1 is 0.947 bits per heavy atom. The quantitative estimate of drug-likeness (QED) is 0.654. The summed E-state index contributed by atoms with van der Waals surface area (Å²) in [6.45, 7) is 3.95. The Hall–Kier alpha value is -0.610. The lowest BCUT2D eigenvalue weighted by atomic mass is 10.1. The average molecular weight is 273 g/mol. The number of carboxylic acid groups (broad SMARTS) is 1. The zero-order chi connectivity index (χ0) is 14.3. The molecule has 0 aliphatic carbocycles. The first-order valence-electron chi connectivity index (χ1n) is 7.82. The van der Waals surface area contributed by atoms with Crippen molar-refractivity contribution in [1.82, 2.24) is 5.06 Å². The van der Waals surface area contributed by atoms with Gasteiger partial charge in [0.1, 0.15) is 0 Å². The van der Waals surface area contributed by atoms with E-state index in [1.807, 2.05) is 0 Å². The number of aliphatic carboxylic acids is 1. The van der Waals surface area contributed by atoms with Gasteiger partial charge in [-0.3, -0.25) is 4.79 Å². The second-order valence-corrected chi connectivity index (χ2v) is 5.28. The van der Waals surface area contributed by atoms with Crippen LogP contribution in [0.1, 0.15) is 77.6 Å². The number of unbranched alkanes of at least 4 members (excludes halogenated alkanes) is 6. The number of hydrogen-bond donors (Lipinski definition) is 2. The van der Waals surface area contributed by atoms with E-state index in [0.29, 0.717) is 6.42 Å². The van der Waals surface area contributed by atoms with E-state index in [1.165, 1.54) is 43.6 Å². The highest BCUT2D eigenvalue weighted by molar-refractivity contribution is 5.66. The normalized spacial score (nSPS) is 15.7. The number of carboxylic acids is 1. The lowest BCUT2D eigenvalue weighted by molar-refractivity contribution is -0.137. The molecule has 19 heavy (non-hydrogen) atoms. The van der Waals surface area contributed by atoms with Crippen LogP contribution in [0.3, 0.4) is 0 Å². The standard InChI is InChI=1S/C10H20O2.C5H11NO/c1-2-3-4-5-6-7-8-9-10(11)12;7-6-4-2-1-3-5-6/h2-9H2,1H3,(H,11,12);7H,1-5H2. The second-order valence-electron chi connectivity index (χ2n) is 5.28. The molecular formula is C15H31NO3. The zero-order valence-corrected chi connectivity index (χ0v) is 12.4. The molecule has 1 heterocycles. The maximum atomic E-state index is 10.1. The van der Waals surface area contributed by atoms with E-state index < -0.39 is 5.97 Å². The molecule has 0 aromatic rings. The van der Waals surface area contributed by atoms with Crippen LogP contribution < -0.4 is 0 Å². The van der Waals surface area contributed by atoms with E-state index >= 15 is 0 Å². The molecule has 0 radical (unpaired) electrons. The van der Waals surface area contributed by atoms with Gasteiger partial charge in [-0.1, -0.05) is 51.9 Å². The van der Waals surface area contributed by atoms with Crippen LogP contribution in [-0.4, -0.2) is 34.4 Å². The highest BCUT2D eigenvalue weighted by Crippen LogP contribution is 2.08. The Balaban J connectivity index is 0.000000388. The number of nitrogens with zero attached hydrogens (tertiary/aromatic N) is 1. The van der Waals surface area contributed by atoms with Crippen molar-refractivity contribution in [2.24, 2.45) is 0 Å². The molecule has 0 amide bonds. The van der Waals surface area contributed by atoms with Gasteiger partial charge in [-0.25, -0.2) is 0 Å². The van der Waals surface area contributed by atoms with Gasteiger partial charge in [-0.2, -0.15) is 5.06 Å². The van der Waals surface area contributed by atoms with E-state index in [2.05, 4.69) is 6.92 Å². The summed E-state index contributed by atoms with van der Waals surface area (Å²) < 4.78 is 0. The molecule has 1 aliphatic heterocycles. The monoisotopic (exact) mass is 273 g/mol. The fraction of sp³-hybridized carbons (Fsp3) is 0.933. The Labute approximate surface area is 117 Å². The summed E-state index contributed by atoms with van der Waals surface area (Å²) in [5.41, 5.74) is 0. The van der Waals surface area contributed by atoms with Crippen molar-refractivity contribution in [2.75, 3.05) is 13.1 Å². The van der Waals surface area contributed by atoms with Crippen molar-refractivity contribution in [1.29, 1.82) is 0 Å². The predicted octanol–water partition coefficient (Wildman–Crippen LogP) is 4.07. The number of rotatable bonds is 8. The van der Waals surface area contributed by atoms with E-state index in [1.54, 1.807) is 0 Å². The second kappa shape index (κ2) is 13.8. The molecule has 0 unspecified atom stereocenters. The summed E-state index contributed by atoms with van der Waals surface area (Å²) in [5.74, 6) is -0.663. The fourth-order valence-electron chi connectivity index (χ4n) is 2.11. The zero-order valence-electron chi connectivity index (χ0n) is 12.4. The Morgan fingerprint density at radius 3 is 1.89 bits per heavy atom. The molecule has 1 saturated heterocycles. The summed E-state index contributed by atoms with van der Waals surface area (Å²) >= 11 is 0. The van der Waals surface area contributed by atoms with Crippen LogP contribution in [0.2, 0.25) is 0 Å². The molecule has 4 heteroatoms. The highest BCUT2D eigenvalue weighted by atomic mass is 16.5. The fourth-order valence-corrected chi connectivity index (χ4v) is 2.11. The van der Waals surface area contributed by atoms with Gasteiger partial charge in [0.15, 0.2) is 0 Å². The molecule has 0 aromatic heterocycles. The third-order valence-corrected chi connectivity index (χ3v) is 3.33. The molecule has 114 valence electrons. The molecule has 0 spiro atoms. The van der Waals surface area contributed by atoms with Crippen molar-refractivity contribution < 1.29 is 15.1 Å². The SMILES string of the molecule is CCCCCCCCCC(=O)O.ON1CCCCC1. The first-order valence-corrected chi connectivity index (χ1v) is 7.82. The minimum absolute atomic E-state index is 0.341. The van der Waals surface area contributed by atoms with Crippen LogP contribution in [0, 0.1) is 0 Å². The maximum absolute atomic E-state index is 10.1. The van der Waals surface area contributed by atoms with Gasteiger partial charge < -0.3 is 10.3 Å². The van der Waals surface area contributed by atoms with E-state index in [9.17, 15) is 4.79 Å². The van der Waals surface area contributed by atoms with Crippen LogP contribution in [-0.2, 0) is 4.79 Å². The van der Waals surface area contributed by atoms with Gasteiger partial charge >= 0.3 is 5.97 Å². The molecule has 4 nitrogen and oxygen atoms in total. The number of carbonyl (C=O) groups is 1. The van der Waals surface area contributed by atoms with Crippen molar-refractivity contribution >= 4 is 5.97 Å². The average Bonchev–Trinajstić information content (AvgIpc) is 2.39. The Kier molecular flexibility index (Phi) is 13.4. The van der Waals surface area contributed by atoms with Crippen LogP contribution in [0.15, 0.2) is 0 Å². The third kappa shape index (κ3) is 15.3. The highest BCUT2D eigenvalue weighted by Gasteiger charge is 2.04. The molecule has 1 aliphatic rings. The molecule has 0 atom stereocenters. The van der Waals surface area contributed by atoms with Crippen molar-refractivity contribution in [2.45, 2.75) is 77.6 Å². The first-order chi connectivity index (χ1) is 9.16. The van der Waals surface area contributed by atoms with Gasteiger partial charge in [-0.05, 0) is 19.3 Å². The van der Waals surface area contributed by atoms with E-state index in [-0.39, 0.29) is 0 Å². The lowest BCUT2D eigenvalue weighted by Gasteiger charge is -2.18. The minimum atomic E-state index is -0.663. The van der Waals surface area contributed by atoms with Gasteiger partial charge in [0.05, 0.1) is 0 Å². The minimum Gasteiger partial charge on any atom is -0.481 e. The van der Waals surface area contributed by atoms with Crippen LogP contribution in [0.4, 0.5) is 0 Å². The molecule has 1 fully saturated rings. The van der Waals surface area contributed by atoms with Gasteiger partial charge in [0.2, 0.25) is 0 Å². The van der Waals surface area contributed by atoms with Gasteiger partial charge in [0.25, 0.3) is 0 Å².